The molecule has 0 unspecified atom stereocenters. The van der Waals surface area contributed by atoms with Gasteiger partial charge in [-0.3, -0.25) is 0 Å². The second kappa shape index (κ2) is 11.3. The van der Waals surface area contributed by atoms with Crippen LogP contribution < -0.4 is 0 Å². The van der Waals surface area contributed by atoms with Crippen LogP contribution in [-0.2, 0) is 5.41 Å². The van der Waals surface area contributed by atoms with Gasteiger partial charge in [-0.1, -0.05) is 166 Å². The minimum absolute atomic E-state index is 0.0536. The molecule has 0 N–H and O–H groups in total. The molecule has 0 saturated carbocycles. The Bertz CT molecular complexity index is 2830. The van der Waals surface area contributed by atoms with Crippen molar-refractivity contribution in [3.05, 3.63) is 181 Å². The lowest BCUT2D eigenvalue weighted by Gasteiger charge is -2.21. The first-order valence-corrected chi connectivity index (χ1v) is 17.7. The third kappa shape index (κ3) is 4.64. The summed E-state index contributed by atoms with van der Waals surface area (Å²) in [4.78, 5) is 10.6. The molecule has 2 nitrogen and oxygen atoms in total. The minimum atomic E-state index is -0.0536. The van der Waals surface area contributed by atoms with E-state index >= 15 is 0 Å². The predicted octanol–water partition coefficient (Wildman–Crippen LogP) is 12.9. The van der Waals surface area contributed by atoms with Crippen molar-refractivity contribution in [2.75, 3.05) is 0 Å². The van der Waals surface area contributed by atoms with E-state index < -0.39 is 0 Å². The number of rotatable bonds is 4. The van der Waals surface area contributed by atoms with Crippen LogP contribution in [0.3, 0.4) is 0 Å². The molecule has 0 amide bonds. The second-order valence-corrected chi connectivity index (χ2v) is 14.2. The third-order valence-electron chi connectivity index (χ3n) is 10.9. The lowest BCUT2D eigenvalue weighted by Crippen LogP contribution is -2.14. The predicted molar refractivity (Wildman–Crippen MR) is 214 cm³/mol. The monoisotopic (exact) mass is 650 g/mol. The van der Waals surface area contributed by atoms with E-state index in [9.17, 15) is 0 Å². The topological polar surface area (TPSA) is 25.8 Å². The van der Waals surface area contributed by atoms with Crippen molar-refractivity contribution in [1.29, 1.82) is 0 Å². The number of fused-ring (bicyclic) bond motifs is 7. The lowest BCUT2D eigenvalue weighted by atomic mass is 9.82. The smallest absolute Gasteiger partial charge is 0.160 e. The minimum Gasteiger partial charge on any atom is -0.228 e. The quantitative estimate of drug-likeness (QED) is 0.140. The molecular weight excluding hydrogens is 617 g/mol. The highest BCUT2D eigenvalue weighted by Crippen LogP contribution is 2.50. The molecule has 0 bridgehead atoms. The van der Waals surface area contributed by atoms with E-state index in [1.807, 2.05) is 6.07 Å². The van der Waals surface area contributed by atoms with Gasteiger partial charge in [0.2, 0.25) is 0 Å². The summed E-state index contributed by atoms with van der Waals surface area (Å²) in [6, 6.07) is 61.3. The van der Waals surface area contributed by atoms with Gasteiger partial charge < -0.3 is 0 Å². The summed E-state index contributed by atoms with van der Waals surface area (Å²) in [5, 5.41) is 7.44. The van der Waals surface area contributed by atoms with E-state index in [4.69, 9.17) is 9.97 Å². The molecule has 2 heteroatoms. The molecule has 0 spiro atoms. The van der Waals surface area contributed by atoms with Gasteiger partial charge in [0.1, 0.15) is 0 Å². The van der Waals surface area contributed by atoms with Crippen molar-refractivity contribution >= 4 is 32.3 Å². The molecule has 51 heavy (non-hydrogen) atoms. The van der Waals surface area contributed by atoms with Crippen LogP contribution in [0.15, 0.2) is 170 Å². The summed E-state index contributed by atoms with van der Waals surface area (Å²) < 4.78 is 0. The highest BCUT2D eigenvalue weighted by atomic mass is 14.9. The van der Waals surface area contributed by atoms with Crippen LogP contribution in [0.4, 0.5) is 0 Å². The number of nitrogens with zero attached hydrogens (tertiary/aromatic N) is 2. The molecule has 1 aliphatic carbocycles. The van der Waals surface area contributed by atoms with Crippen molar-refractivity contribution < 1.29 is 0 Å². The largest absolute Gasteiger partial charge is 0.228 e. The summed E-state index contributed by atoms with van der Waals surface area (Å²) in [5.41, 5.74) is 12.6. The molecule has 10 rings (SSSR count). The van der Waals surface area contributed by atoms with Crippen LogP contribution in [0.2, 0.25) is 0 Å². The fraction of sp³-hybridized carbons (Fsp3) is 0.0612. The molecule has 1 heterocycles. The zero-order valence-electron chi connectivity index (χ0n) is 28.6. The van der Waals surface area contributed by atoms with E-state index in [2.05, 4.69) is 178 Å². The Labute approximate surface area is 297 Å². The summed E-state index contributed by atoms with van der Waals surface area (Å²) in [6.45, 7) is 4.65. The SMILES string of the molecule is CC1(C)c2ccccc2-c2cc(-c3cc(-c4ccccc4-c4c5ccccc5cc5c4ccc4ccccc45)nc(-c4ccccc4)n3)ccc21. The first-order chi connectivity index (χ1) is 25.0. The van der Waals surface area contributed by atoms with E-state index in [1.165, 1.54) is 60.1 Å². The Balaban J connectivity index is 1.23. The van der Waals surface area contributed by atoms with E-state index in [0.717, 1.165) is 33.6 Å². The van der Waals surface area contributed by atoms with E-state index in [1.54, 1.807) is 0 Å². The Hall–Kier alpha value is -6.38. The van der Waals surface area contributed by atoms with Crippen molar-refractivity contribution in [3.8, 4) is 56.2 Å². The van der Waals surface area contributed by atoms with Crippen molar-refractivity contribution in [2.45, 2.75) is 19.3 Å². The highest BCUT2D eigenvalue weighted by molar-refractivity contribution is 6.21. The van der Waals surface area contributed by atoms with Crippen LogP contribution >= 0.6 is 0 Å². The molecule has 0 aliphatic heterocycles. The Morgan fingerprint density at radius 2 is 1.02 bits per heavy atom. The van der Waals surface area contributed by atoms with Gasteiger partial charge in [-0.2, -0.15) is 0 Å². The molecule has 1 aromatic heterocycles. The van der Waals surface area contributed by atoms with Crippen LogP contribution in [0.25, 0.3) is 88.5 Å². The number of hydrogen-bond acceptors (Lipinski definition) is 2. The van der Waals surface area contributed by atoms with Gasteiger partial charge in [0.15, 0.2) is 5.82 Å². The van der Waals surface area contributed by atoms with Gasteiger partial charge in [-0.05, 0) is 83.9 Å². The molecule has 0 atom stereocenters. The van der Waals surface area contributed by atoms with Crippen LogP contribution in [0.5, 0.6) is 0 Å². The normalized spacial score (nSPS) is 13.1. The van der Waals surface area contributed by atoms with Gasteiger partial charge in [0.25, 0.3) is 0 Å². The van der Waals surface area contributed by atoms with Crippen molar-refractivity contribution in [3.63, 3.8) is 0 Å². The van der Waals surface area contributed by atoms with Gasteiger partial charge in [-0.15, -0.1) is 0 Å². The van der Waals surface area contributed by atoms with E-state index in [-0.39, 0.29) is 5.41 Å². The maximum atomic E-state index is 5.32. The maximum Gasteiger partial charge on any atom is 0.160 e. The molecule has 0 fully saturated rings. The third-order valence-corrected chi connectivity index (χ3v) is 10.9. The summed E-state index contributed by atoms with van der Waals surface area (Å²) >= 11 is 0. The van der Waals surface area contributed by atoms with Crippen LogP contribution in [0, 0.1) is 0 Å². The van der Waals surface area contributed by atoms with E-state index in [0.29, 0.717) is 5.82 Å². The lowest BCUT2D eigenvalue weighted by molar-refractivity contribution is 0.660. The molecule has 8 aromatic carbocycles. The Morgan fingerprint density at radius 1 is 0.373 bits per heavy atom. The fourth-order valence-corrected chi connectivity index (χ4v) is 8.36. The second-order valence-electron chi connectivity index (χ2n) is 14.2. The zero-order valence-corrected chi connectivity index (χ0v) is 28.6. The molecule has 1 aliphatic rings. The first kappa shape index (κ1) is 29.5. The molecular formula is C49H34N2. The maximum absolute atomic E-state index is 5.32. The summed E-state index contributed by atoms with van der Waals surface area (Å²) in [6.07, 6.45) is 0. The highest BCUT2D eigenvalue weighted by Gasteiger charge is 2.35. The van der Waals surface area contributed by atoms with Gasteiger partial charge >= 0.3 is 0 Å². The molecule has 240 valence electrons. The molecule has 9 aromatic rings. The Morgan fingerprint density at radius 3 is 1.86 bits per heavy atom. The summed E-state index contributed by atoms with van der Waals surface area (Å²) in [7, 11) is 0. The fourth-order valence-electron chi connectivity index (χ4n) is 8.36. The first-order valence-electron chi connectivity index (χ1n) is 17.7. The Kier molecular flexibility index (Phi) is 6.56. The van der Waals surface area contributed by atoms with Crippen LogP contribution in [0.1, 0.15) is 25.0 Å². The number of hydrogen-bond donors (Lipinski definition) is 0. The zero-order chi connectivity index (χ0) is 34.1. The van der Waals surface area contributed by atoms with Crippen LogP contribution in [-0.4, -0.2) is 9.97 Å². The van der Waals surface area contributed by atoms with Gasteiger partial charge in [-0.25, -0.2) is 9.97 Å². The molecule has 0 saturated heterocycles. The average Bonchev–Trinajstić information content (AvgIpc) is 3.42. The van der Waals surface area contributed by atoms with Crippen molar-refractivity contribution in [2.24, 2.45) is 0 Å². The van der Waals surface area contributed by atoms with Crippen molar-refractivity contribution in [1.82, 2.24) is 9.97 Å². The van der Waals surface area contributed by atoms with Gasteiger partial charge in [0, 0.05) is 22.1 Å². The number of benzene rings is 8. The summed E-state index contributed by atoms with van der Waals surface area (Å²) in [5.74, 6) is 0.716. The standard InChI is InChI=1S/C49H34N2/c1-49(2)43-23-13-12-20-37(43)42-29-34(25-27-44(42)49)45-30-46(51-48(50-45)32-15-4-3-5-16-32)38-21-10-11-22-39(38)47-36-19-9-7-17-33(36)28-41-35-18-8-6-14-31(35)24-26-40(41)47/h3-30H,1-2H3. The average molecular weight is 651 g/mol. The van der Waals surface area contributed by atoms with Gasteiger partial charge in [0.05, 0.1) is 11.4 Å². The molecule has 0 radical (unpaired) electrons. The number of aromatic nitrogens is 2.